The zero-order chi connectivity index (χ0) is 18.4. The molecule has 0 bridgehead atoms. The first kappa shape index (κ1) is 20.2. The van der Waals surface area contributed by atoms with E-state index in [4.69, 9.17) is 0 Å². The Bertz CT molecular complexity index is 772. The van der Waals surface area contributed by atoms with Crippen molar-refractivity contribution in [3.05, 3.63) is 71.3 Å². The summed E-state index contributed by atoms with van der Waals surface area (Å²) >= 11 is 0. The molecule has 1 saturated heterocycles. The predicted octanol–water partition coefficient (Wildman–Crippen LogP) is 4.97. The molecule has 2 atom stereocenters. The van der Waals surface area contributed by atoms with Gasteiger partial charge in [0, 0.05) is 25.0 Å². The van der Waals surface area contributed by atoms with Crippen molar-refractivity contribution < 1.29 is 18.3 Å². The molecule has 6 heteroatoms. The SMILES string of the molecule is Cl.OC1(c2cccc(C(F)(F)F)c2)CCN([C@@H]2C[C@H]2c2ccccc2)CC1. The number of hydrogen-bond donors (Lipinski definition) is 1. The number of alkyl halides is 3. The smallest absolute Gasteiger partial charge is 0.385 e. The molecule has 1 heterocycles. The molecule has 0 unspecified atom stereocenters. The van der Waals surface area contributed by atoms with E-state index in [1.807, 2.05) is 18.2 Å². The van der Waals surface area contributed by atoms with Crippen LogP contribution in [0.15, 0.2) is 54.6 Å². The minimum absolute atomic E-state index is 0. The fraction of sp³-hybridized carbons (Fsp3) is 0.429. The Morgan fingerprint density at radius 2 is 1.63 bits per heavy atom. The van der Waals surface area contributed by atoms with Gasteiger partial charge in [-0.2, -0.15) is 13.2 Å². The van der Waals surface area contributed by atoms with Crippen LogP contribution in [0.1, 0.15) is 41.9 Å². The van der Waals surface area contributed by atoms with E-state index < -0.39 is 17.3 Å². The monoisotopic (exact) mass is 397 g/mol. The summed E-state index contributed by atoms with van der Waals surface area (Å²) in [5, 5.41) is 10.9. The molecule has 0 radical (unpaired) electrons. The van der Waals surface area contributed by atoms with Gasteiger partial charge in [0.1, 0.15) is 0 Å². The second kappa shape index (κ2) is 7.46. The Labute approximate surface area is 163 Å². The average Bonchev–Trinajstić information content (AvgIpc) is 3.43. The molecule has 1 aliphatic carbocycles. The maximum Gasteiger partial charge on any atom is 0.416 e. The summed E-state index contributed by atoms with van der Waals surface area (Å²) in [4.78, 5) is 2.37. The van der Waals surface area contributed by atoms with Gasteiger partial charge in [0.25, 0.3) is 0 Å². The highest BCUT2D eigenvalue weighted by atomic mass is 35.5. The van der Waals surface area contributed by atoms with Gasteiger partial charge in [-0.1, -0.05) is 42.5 Å². The molecule has 2 aromatic carbocycles. The van der Waals surface area contributed by atoms with Crippen LogP contribution >= 0.6 is 12.4 Å². The minimum atomic E-state index is -4.38. The van der Waals surface area contributed by atoms with E-state index in [1.54, 1.807) is 6.07 Å². The Morgan fingerprint density at radius 3 is 2.26 bits per heavy atom. The molecule has 27 heavy (non-hydrogen) atoms. The van der Waals surface area contributed by atoms with E-state index >= 15 is 0 Å². The number of rotatable bonds is 3. The van der Waals surface area contributed by atoms with Crippen LogP contribution in [0, 0.1) is 0 Å². The van der Waals surface area contributed by atoms with Crippen LogP contribution in [-0.4, -0.2) is 29.1 Å². The van der Waals surface area contributed by atoms with Gasteiger partial charge in [-0.3, -0.25) is 4.90 Å². The summed E-state index contributed by atoms with van der Waals surface area (Å²) in [6.07, 6.45) is -2.34. The van der Waals surface area contributed by atoms with Crippen molar-refractivity contribution in [3.63, 3.8) is 0 Å². The van der Waals surface area contributed by atoms with Gasteiger partial charge < -0.3 is 5.11 Å². The maximum atomic E-state index is 13.0. The first-order valence-corrected chi connectivity index (χ1v) is 9.06. The lowest BCUT2D eigenvalue weighted by molar-refractivity contribution is -0.137. The van der Waals surface area contributed by atoms with Crippen molar-refractivity contribution in [1.29, 1.82) is 0 Å². The Balaban J connectivity index is 0.00000210. The number of piperidine rings is 1. The quantitative estimate of drug-likeness (QED) is 0.790. The summed E-state index contributed by atoms with van der Waals surface area (Å²) in [5.74, 6) is 0.538. The van der Waals surface area contributed by atoms with E-state index in [0.717, 1.165) is 18.6 Å². The van der Waals surface area contributed by atoms with Crippen molar-refractivity contribution in [1.82, 2.24) is 4.90 Å². The lowest BCUT2D eigenvalue weighted by atomic mass is 9.83. The number of likely N-dealkylation sites (tertiary alicyclic amines) is 1. The number of nitrogens with zero attached hydrogens (tertiary/aromatic N) is 1. The molecular weight excluding hydrogens is 375 g/mol. The Morgan fingerprint density at radius 1 is 0.963 bits per heavy atom. The molecule has 0 aromatic heterocycles. The lowest BCUT2D eigenvalue weighted by Crippen LogP contribution is -2.43. The van der Waals surface area contributed by atoms with Crippen molar-refractivity contribution >= 4 is 12.4 Å². The molecule has 146 valence electrons. The van der Waals surface area contributed by atoms with Crippen LogP contribution in [-0.2, 0) is 11.8 Å². The molecule has 4 rings (SSSR count). The molecule has 1 N–H and O–H groups in total. The highest BCUT2D eigenvalue weighted by Gasteiger charge is 2.46. The van der Waals surface area contributed by atoms with Crippen LogP contribution in [0.5, 0.6) is 0 Å². The highest BCUT2D eigenvalue weighted by molar-refractivity contribution is 5.85. The standard InChI is InChI=1S/C21H22F3NO.ClH/c22-21(23,24)17-8-4-7-16(13-17)20(26)9-11-25(12-10-20)19-14-18(19)15-5-2-1-3-6-15;/h1-8,13,18-19,26H,9-12,14H2;1H/t18-,19+;/m0./s1. The Kier molecular flexibility index (Phi) is 5.57. The second-order valence-corrected chi connectivity index (χ2v) is 7.47. The molecule has 0 amide bonds. The van der Waals surface area contributed by atoms with Crippen molar-refractivity contribution in [2.75, 3.05) is 13.1 Å². The van der Waals surface area contributed by atoms with E-state index in [2.05, 4.69) is 17.0 Å². The van der Waals surface area contributed by atoms with E-state index in [9.17, 15) is 18.3 Å². The number of aliphatic hydroxyl groups is 1. The van der Waals surface area contributed by atoms with Gasteiger partial charge in [-0.05, 0) is 42.5 Å². The molecule has 2 aromatic rings. The van der Waals surface area contributed by atoms with Crippen LogP contribution in [0.4, 0.5) is 13.2 Å². The molecule has 2 fully saturated rings. The fourth-order valence-electron chi connectivity index (χ4n) is 4.14. The summed E-state index contributed by atoms with van der Waals surface area (Å²) in [6.45, 7) is 1.42. The van der Waals surface area contributed by atoms with Gasteiger partial charge in [0.05, 0.1) is 11.2 Å². The third-order valence-corrected chi connectivity index (χ3v) is 5.81. The largest absolute Gasteiger partial charge is 0.416 e. The van der Waals surface area contributed by atoms with E-state index in [1.165, 1.54) is 11.6 Å². The summed E-state index contributed by atoms with van der Waals surface area (Å²) in [7, 11) is 0. The van der Waals surface area contributed by atoms with Crippen molar-refractivity contribution in [2.45, 2.75) is 43.0 Å². The maximum absolute atomic E-state index is 13.0. The Hall–Kier alpha value is -1.56. The third-order valence-electron chi connectivity index (χ3n) is 5.81. The van der Waals surface area contributed by atoms with Gasteiger partial charge in [-0.25, -0.2) is 0 Å². The van der Waals surface area contributed by atoms with Crippen molar-refractivity contribution in [2.24, 2.45) is 0 Å². The summed E-state index contributed by atoms with van der Waals surface area (Å²) in [6, 6.07) is 16.0. The molecular formula is C21H23ClF3NO. The van der Waals surface area contributed by atoms with Gasteiger partial charge in [-0.15, -0.1) is 12.4 Å². The molecule has 2 aliphatic rings. The molecule has 0 spiro atoms. The zero-order valence-corrected chi connectivity index (χ0v) is 15.6. The average molecular weight is 398 g/mol. The normalized spacial score (nSPS) is 24.9. The number of benzene rings is 2. The van der Waals surface area contributed by atoms with Gasteiger partial charge in [0.15, 0.2) is 0 Å². The van der Waals surface area contributed by atoms with E-state index in [0.29, 0.717) is 43.5 Å². The predicted molar refractivity (Wildman–Crippen MR) is 101 cm³/mol. The van der Waals surface area contributed by atoms with Crippen LogP contribution < -0.4 is 0 Å². The van der Waals surface area contributed by atoms with Gasteiger partial charge >= 0.3 is 6.18 Å². The molecule has 2 nitrogen and oxygen atoms in total. The van der Waals surface area contributed by atoms with Crippen molar-refractivity contribution in [3.8, 4) is 0 Å². The van der Waals surface area contributed by atoms with Crippen LogP contribution in [0.3, 0.4) is 0 Å². The fourth-order valence-corrected chi connectivity index (χ4v) is 4.14. The number of halogens is 4. The summed E-state index contributed by atoms with van der Waals surface area (Å²) in [5.41, 5.74) is -0.148. The topological polar surface area (TPSA) is 23.5 Å². The van der Waals surface area contributed by atoms with Crippen LogP contribution in [0.2, 0.25) is 0 Å². The minimum Gasteiger partial charge on any atom is -0.385 e. The highest BCUT2D eigenvalue weighted by Crippen LogP contribution is 2.47. The number of hydrogen-bond acceptors (Lipinski definition) is 2. The first-order valence-electron chi connectivity index (χ1n) is 9.06. The second-order valence-electron chi connectivity index (χ2n) is 7.47. The summed E-state index contributed by atoms with van der Waals surface area (Å²) < 4.78 is 38.9. The van der Waals surface area contributed by atoms with Gasteiger partial charge in [0.2, 0.25) is 0 Å². The zero-order valence-electron chi connectivity index (χ0n) is 14.8. The lowest BCUT2D eigenvalue weighted by Gasteiger charge is -2.39. The first-order chi connectivity index (χ1) is 12.4. The van der Waals surface area contributed by atoms with Crippen LogP contribution in [0.25, 0.3) is 0 Å². The molecule has 1 aliphatic heterocycles. The van der Waals surface area contributed by atoms with E-state index in [-0.39, 0.29) is 12.4 Å². The molecule has 1 saturated carbocycles. The third kappa shape index (κ3) is 4.15.